The molecule has 1 aromatic rings. The van der Waals surface area contributed by atoms with E-state index < -0.39 is 0 Å². The fourth-order valence-corrected chi connectivity index (χ4v) is 2.11. The Bertz CT molecular complexity index is 403. The zero-order valence-electron chi connectivity index (χ0n) is 12.4. The van der Waals surface area contributed by atoms with Crippen LogP contribution >= 0.6 is 0 Å². The molecular formula is C16H25NO2. The molecule has 0 aromatic heterocycles. The van der Waals surface area contributed by atoms with Gasteiger partial charge in [-0.1, -0.05) is 39.8 Å². The Balaban J connectivity index is 2.70. The summed E-state index contributed by atoms with van der Waals surface area (Å²) in [6, 6.07) is 6.92. The van der Waals surface area contributed by atoms with Crippen LogP contribution in [-0.4, -0.2) is 29.0 Å². The maximum atomic E-state index is 12.3. The molecule has 3 heteroatoms. The van der Waals surface area contributed by atoms with Gasteiger partial charge in [0, 0.05) is 13.1 Å². The minimum atomic E-state index is 0.132. The lowest BCUT2D eigenvalue weighted by atomic mass is 10.1. The number of amides is 1. The van der Waals surface area contributed by atoms with Crippen LogP contribution in [0.1, 0.15) is 33.3 Å². The molecule has 0 radical (unpaired) electrons. The molecule has 0 saturated carbocycles. The lowest BCUT2D eigenvalue weighted by Crippen LogP contribution is -2.37. The average molecular weight is 263 g/mol. The van der Waals surface area contributed by atoms with Crippen LogP contribution in [0.3, 0.4) is 0 Å². The summed E-state index contributed by atoms with van der Waals surface area (Å²) in [6.07, 6.45) is 0.355. The minimum Gasteiger partial charge on any atom is -0.508 e. The number of aromatic hydroxyl groups is 1. The van der Waals surface area contributed by atoms with Crippen molar-refractivity contribution in [1.82, 2.24) is 4.90 Å². The molecule has 0 atom stereocenters. The second kappa shape index (κ2) is 7.17. The van der Waals surface area contributed by atoms with Gasteiger partial charge in [-0.15, -0.1) is 0 Å². The first-order valence-corrected chi connectivity index (χ1v) is 6.94. The van der Waals surface area contributed by atoms with E-state index in [0.29, 0.717) is 18.3 Å². The number of hydrogen-bond donors (Lipinski definition) is 1. The summed E-state index contributed by atoms with van der Waals surface area (Å²) in [5.41, 5.74) is 0.863. The van der Waals surface area contributed by atoms with Gasteiger partial charge in [-0.3, -0.25) is 4.79 Å². The highest BCUT2D eigenvalue weighted by molar-refractivity contribution is 5.78. The largest absolute Gasteiger partial charge is 0.508 e. The topological polar surface area (TPSA) is 40.5 Å². The van der Waals surface area contributed by atoms with E-state index in [4.69, 9.17) is 0 Å². The molecule has 1 N–H and O–H groups in total. The van der Waals surface area contributed by atoms with Crippen LogP contribution in [0.5, 0.6) is 5.75 Å². The second-order valence-corrected chi connectivity index (χ2v) is 5.93. The van der Waals surface area contributed by atoms with Crippen LogP contribution in [0, 0.1) is 11.8 Å². The van der Waals surface area contributed by atoms with Crippen molar-refractivity contribution in [2.24, 2.45) is 11.8 Å². The van der Waals surface area contributed by atoms with Crippen molar-refractivity contribution in [1.29, 1.82) is 0 Å². The van der Waals surface area contributed by atoms with Gasteiger partial charge in [-0.05, 0) is 29.5 Å². The second-order valence-electron chi connectivity index (χ2n) is 5.93. The number of hydrogen-bond acceptors (Lipinski definition) is 2. The monoisotopic (exact) mass is 263 g/mol. The van der Waals surface area contributed by atoms with Gasteiger partial charge in [0.2, 0.25) is 5.91 Å². The fraction of sp³-hybridized carbons (Fsp3) is 0.562. The van der Waals surface area contributed by atoms with Gasteiger partial charge in [-0.25, -0.2) is 0 Å². The highest BCUT2D eigenvalue weighted by Gasteiger charge is 2.16. The molecule has 0 spiro atoms. The Hall–Kier alpha value is -1.51. The fourth-order valence-electron chi connectivity index (χ4n) is 2.11. The zero-order chi connectivity index (χ0) is 14.4. The van der Waals surface area contributed by atoms with E-state index in [1.54, 1.807) is 18.2 Å². The van der Waals surface area contributed by atoms with Crippen LogP contribution in [0.15, 0.2) is 24.3 Å². The summed E-state index contributed by atoms with van der Waals surface area (Å²) in [5, 5.41) is 9.43. The van der Waals surface area contributed by atoms with E-state index in [9.17, 15) is 9.90 Å². The standard InChI is InChI=1S/C16H25NO2/c1-12(2)10-17(11-13(3)4)16(19)9-14-6-5-7-15(18)8-14/h5-8,12-13,18H,9-11H2,1-4H3. The first kappa shape index (κ1) is 15.5. The molecule has 1 aromatic carbocycles. The zero-order valence-corrected chi connectivity index (χ0v) is 12.4. The molecule has 0 bridgehead atoms. The van der Waals surface area contributed by atoms with Crippen molar-refractivity contribution in [2.45, 2.75) is 34.1 Å². The molecular weight excluding hydrogens is 238 g/mol. The van der Waals surface area contributed by atoms with Crippen molar-refractivity contribution >= 4 is 5.91 Å². The van der Waals surface area contributed by atoms with Gasteiger partial charge < -0.3 is 10.0 Å². The number of benzene rings is 1. The number of carbonyl (C=O) groups excluding carboxylic acids is 1. The Labute approximate surface area is 116 Å². The summed E-state index contributed by atoms with van der Waals surface area (Å²) in [5.74, 6) is 1.27. The molecule has 0 fully saturated rings. The molecule has 0 saturated heterocycles. The third-order valence-corrected chi connectivity index (χ3v) is 2.79. The summed E-state index contributed by atoms with van der Waals surface area (Å²) in [4.78, 5) is 14.3. The maximum absolute atomic E-state index is 12.3. The number of phenolic OH excluding ortho intramolecular Hbond substituents is 1. The third kappa shape index (κ3) is 5.77. The number of phenols is 1. The molecule has 19 heavy (non-hydrogen) atoms. The summed E-state index contributed by atoms with van der Waals surface area (Å²) in [6.45, 7) is 10.1. The molecule has 3 nitrogen and oxygen atoms in total. The number of carbonyl (C=O) groups is 1. The molecule has 0 aliphatic carbocycles. The first-order valence-electron chi connectivity index (χ1n) is 6.94. The highest BCUT2D eigenvalue weighted by atomic mass is 16.3. The molecule has 0 aliphatic rings. The SMILES string of the molecule is CC(C)CN(CC(C)C)C(=O)Cc1cccc(O)c1. The molecule has 1 amide bonds. The number of rotatable bonds is 6. The van der Waals surface area contributed by atoms with Crippen LogP contribution in [0.2, 0.25) is 0 Å². The molecule has 0 unspecified atom stereocenters. The van der Waals surface area contributed by atoms with E-state index in [1.807, 2.05) is 11.0 Å². The molecule has 106 valence electrons. The van der Waals surface area contributed by atoms with Crippen LogP contribution in [-0.2, 0) is 11.2 Å². The Morgan fingerprint density at radius 3 is 2.21 bits per heavy atom. The summed E-state index contributed by atoms with van der Waals surface area (Å²) in [7, 11) is 0. The van der Waals surface area contributed by atoms with E-state index >= 15 is 0 Å². The van der Waals surface area contributed by atoms with Crippen molar-refractivity contribution in [3.63, 3.8) is 0 Å². The normalized spacial score (nSPS) is 11.1. The lowest BCUT2D eigenvalue weighted by Gasteiger charge is -2.26. The van der Waals surface area contributed by atoms with E-state index in [2.05, 4.69) is 27.7 Å². The van der Waals surface area contributed by atoms with E-state index in [1.165, 1.54) is 0 Å². The van der Waals surface area contributed by atoms with Gasteiger partial charge in [0.15, 0.2) is 0 Å². The predicted molar refractivity (Wildman–Crippen MR) is 78.1 cm³/mol. The Morgan fingerprint density at radius 1 is 1.16 bits per heavy atom. The predicted octanol–water partition coefficient (Wildman–Crippen LogP) is 3.08. The number of nitrogens with zero attached hydrogens (tertiary/aromatic N) is 1. The van der Waals surface area contributed by atoms with Crippen molar-refractivity contribution in [2.75, 3.05) is 13.1 Å². The molecule has 1 rings (SSSR count). The van der Waals surface area contributed by atoms with Crippen LogP contribution in [0.25, 0.3) is 0 Å². The smallest absolute Gasteiger partial charge is 0.227 e. The van der Waals surface area contributed by atoms with E-state index in [0.717, 1.165) is 18.7 Å². The van der Waals surface area contributed by atoms with Gasteiger partial charge >= 0.3 is 0 Å². The minimum absolute atomic E-state index is 0.132. The van der Waals surface area contributed by atoms with Gasteiger partial charge in [0.25, 0.3) is 0 Å². The quantitative estimate of drug-likeness (QED) is 0.857. The summed E-state index contributed by atoms with van der Waals surface area (Å²) < 4.78 is 0. The lowest BCUT2D eigenvalue weighted by molar-refractivity contribution is -0.131. The highest BCUT2D eigenvalue weighted by Crippen LogP contribution is 2.13. The van der Waals surface area contributed by atoms with E-state index in [-0.39, 0.29) is 11.7 Å². The van der Waals surface area contributed by atoms with Gasteiger partial charge in [0.1, 0.15) is 5.75 Å². The molecule has 0 aliphatic heterocycles. The summed E-state index contributed by atoms with van der Waals surface area (Å²) >= 11 is 0. The van der Waals surface area contributed by atoms with Crippen LogP contribution < -0.4 is 0 Å². The third-order valence-electron chi connectivity index (χ3n) is 2.79. The average Bonchev–Trinajstić information content (AvgIpc) is 2.26. The van der Waals surface area contributed by atoms with Gasteiger partial charge in [0.05, 0.1) is 6.42 Å². The van der Waals surface area contributed by atoms with Crippen molar-refractivity contribution in [3.05, 3.63) is 29.8 Å². The first-order chi connectivity index (χ1) is 8.88. The van der Waals surface area contributed by atoms with Crippen molar-refractivity contribution in [3.8, 4) is 5.75 Å². The maximum Gasteiger partial charge on any atom is 0.227 e. The Kier molecular flexibility index (Phi) is 5.87. The van der Waals surface area contributed by atoms with Crippen LogP contribution in [0.4, 0.5) is 0 Å². The Morgan fingerprint density at radius 2 is 1.74 bits per heavy atom. The molecule has 0 heterocycles. The van der Waals surface area contributed by atoms with Gasteiger partial charge in [-0.2, -0.15) is 0 Å². The van der Waals surface area contributed by atoms with Crippen molar-refractivity contribution < 1.29 is 9.90 Å².